The molecule has 5 nitrogen and oxygen atoms in total. The lowest BCUT2D eigenvalue weighted by atomic mass is 10.1. The molecule has 1 heterocycles. The smallest absolute Gasteiger partial charge is 0.363 e. The molecule has 0 radical (unpaired) electrons. The highest BCUT2D eigenvalue weighted by Gasteiger charge is 2.25. The number of hydrogen-bond donors (Lipinski definition) is 0. The van der Waals surface area contributed by atoms with Crippen molar-refractivity contribution >= 4 is 41.1 Å². The molecule has 1 aliphatic heterocycles. The number of cyclic esters (lactones) is 1. The molecule has 2 aromatic carbocycles. The van der Waals surface area contributed by atoms with Crippen LogP contribution in [0, 0.1) is 0 Å². The molecule has 0 saturated carbocycles. The van der Waals surface area contributed by atoms with Gasteiger partial charge in [-0.3, -0.25) is 0 Å². The van der Waals surface area contributed by atoms with E-state index in [2.05, 4.69) is 4.99 Å². The van der Waals surface area contributed by atoms with E-state index in [1.54, 1.807) is 42.5 Å². The van der Waals surface area contributed by atoms with E-state index in [1.165, 1.54) is 7.11 Å². The van der Waals surface area contributed by atoms with Crippen molar-refractivity contribution in [2.75, 3.05) is 13.7 Å². The van der Waals surface area contributed by atoms with Crippen LogP contribution in [0.4, 0.5) is 0 Å². The lowest BCUT2D eigenvalue weighted by Gasteiger charge is -2.12. The van der Waals surface area contributed by atoms with Crippen molar-refractivity contribution in [1.29, 1.82) is 0 Å². The molecule has 0 bridgehead atoms. The van der Waals surface area contributed by atoms with Crippen LogP contribution in [0.15, 0.2) is 47.1 Å². The Morgan fingerprint density at radius 3 is 2.67 bits per heavy atom. The van der Waals surface area contributed by atoms with Gasteiger partial charge in [0.05, 0.1) is 29.3 Å². The number of rotatable bonds is 6. The molecule has 7 heteroatoms. The summed E-state index contributed by atoms with van der Waals surface area (Å²) in [4.78, 5) is 16.4. The maximum absolute atomic E-state index is 12.2. The van der Waals surface area contributed by atoms with Gasteiger partial charge in [-0.1, -0.05) is 42.3 Å². The lowest BCUT2D eigenvalue weighted by molar-refractivity contribution is -0.129. The van der Waals surface area contributed by atoms with E-state index in [-0.39, 0.29) is 11.6 Å². The highest BCUT2D eigenvalue weighted by atomic mass is 35.5. The Morgan fingerprint density at radius 2 is 1.96 bits per heavy atom. The second-order valence-corrected chi connectivity index (χ2v) is 6.51. The normalized spacial score (nSPS) is 14.9. The molecular formula is C20H17Cl2NO4. The van der Waals surface area contributed by atoms with Gasteiger partial charge in [-0.2, -0.15) is 0 Å². The number of hydrogen-bond acceptors (Lipinski definition) is 5. The van der Waals surface area contributed by atoms with Gasteiger partial charge in [0.15, 0.2) is 17.2 Å². The van der Waals surface area contributed by atoms with Crippen molar-refractivity contribution in [2.45, 2.75) is 13.3 Å². The average molecular weight is 406 g/mol. The molecule has 140 valence electrons. The van der Waals surface area contributed by atoms with Gasteiger partial charge in [0.2, 0.25) is 5.90 Å². The van der Waals surface area contributed by atoms with Crippen molar-refractivity contribution in [3.8, 4) is 11.5 Å². The molecular weight excluding hydrogens is 389 g/mol. The number of nitrogens with zero attached hydrogens (tertiary/aromatic N) is 1. The molecule has 2 aromatic rings. The zero-order chi connectivity index (χ0) is 19.4. The molecule has 0 unspecified atom stereocenters. The monoisotopic (exact) mass is 405 g/mol. The molecule has 0 amide bonds. The molecule has 1 aliphatic rings. The zero-order valence-corrected chi connectivity index (χ0v) is 16.3. The fraction of sp³-hybridized carbons (Fsp3) is 0.200. The summed E-state index contributed by atoms with van der Waals surface area (Å²) < 4.78 is 16.2. The highest BCUT2D eigenvalue weighted by molar-refractivity contribution is 6.34. The second-order valence-electron chi connectivity index (χ2n) is 5.70. The predicted molar refractivity (Wildman–Crippen MR) is 106 cm³/mol. The predicted octanol–water partition coefficient (Wildman–Crippen LogP) is 5.14. The van der Waals surface area contributed by atoms with Crippen LogP contribution in [0.3, 0.4) is 0 Å². The van der Waals surface area contributed by atoms with E-state index in [0.717, 1.165) is 6.42 Å². The summed E-state index contributed by atoms with van der Waals surface area (Å²) >= 11 is 12.5. The van der Waals surface area contributed by atoms with Crippen LogP contribution in [0.25, 0.3) is 6.08 Å². The van der Waals surface area contributed by atoms with Gasteiger partial charge >= 0.3 is 5.97 Å². The summed E-state index contributed by atoms with van der Waals surface area (Å²) in [5.41, 5.74) is 1.33. The first-order chi connectivity index (χ1) is 13.0. The van der Waals surface area contributed by atoms with Gasteiger partial charge in [-0.25, -0.2) is 9.79 Å². The van der Waals surface area contributed by atoms with Crippen LogP contribution in [0.2, 0.25) is 10.0 Å². The molecule has 0 fully saturated rings. The quantitative estimate of drug-likeness (QED) is 0.493. The van der Waals surface area contributed by atoms with Crippen molar-refractivity contribution in [1.82, 2.24) is 0 Å². The van der Waals surface area contributed by atoms with Crippen molar-refractivity contribution in [3.63, 3.8) is 0 Å². The Hall–Kier alpha value is -2.50. The molecule has 0 atom stereocenters. The van der Waals surface area contributed by atoms with Crippen LogP contribution in [0.1, 0.15) is 24.5 Å². The first-order valence-corrected chi connectivity index (χ1v) is 9.07. The summed E-state index contributed by atoms with van der Waals surface area (Å²) in [7, 11) is 1.53. The van der Waals surface area contributed by atoms with Crippen LogP contribution >= 0.6 is 23.2 Å². The number of benzene rings is 2. The molecule has 0 aliphatic carbocycles. The first-order valence-electron chi connectivity index (χ1n) is 8.31. The van der Waals surface area contributed by atoms with Gasteiger partial charge < -0.3 is 14.2 Å². The van der Waals surface area contributed by atoms with Crippen LogP contribution in [-0.2, 0) is 9.53 Å². The highest BCUT2D eigenvalue weighted by Crippen LogP contribution is 2.37. The number of aliphatic imine (C=N–C) groups is 1. The van der Waals surface area contributed by atoms with Crippen molar-refractivity contribution in [2.24, 2.45) is 4.99 Å². The van der Waals surface area contributed by atoms with E-state index in [9.17, 15) is 4.79 Å². The third-order valence-corrected chi connectivity index (χ3v) is 4.34. The summed E-state index contributed by atoms with van der Waals surface area (Å²) in [5, 5.41) is 0.837. The minimum atomic E-state index is -0.564. The van der Waals surface area contributed by atoms with Gasteiger partial charge in [-0.05, 0) is 42.3 Å². The van der Waals surface area contributed by atoms with Gasteiger partial charge in [0.25, 0.3) is 0 Å². The largest absolute Gasteiger partial charge is 0.493 e. The van der Waals surface area contributed by atoms with E-state index in [4.69, 9.17) is 37.4 Å². The molecule has 0 saturated heterocycles. The Kier molecular flexibility index (Phi) is 6.04. The minimum Gasteiger partial charge on any atom is -0.493 e. The summed E-state index contributed by atoms with van der Waals surface area (Å²) in [6.07, 6.45) is 2.42. The van der Waals surface area contributed by atoms with E-state index in [0.29, 0.717) is 39.3 Å². The minimum absolute atomic E-state index is 0.144. The standard InChI is InChI=1S/C20H17Cl2NO4/c1-3-8-26-18-15(22)9-12(11-17(18)25-2)10-16-20(24)27-19(23-16)13-6-4-5-7-14(13)21/h4-7,9-11H,3,8H2,1-2H3. The van der Waals surface area contributed by atoms with Crippen LogP contribution < -0.4 is 9.47 Å². The molecule has 0 N–H and O–H groups in total. The third-order valence-electron chi connectivity index (χ3n) is 3.73. The Morgan fingerprint density at radius 1 is 1.19 bits per heavy atom. The molecule has 0 aromatic heterocycles. The topological polar surface area (TPSA) is 57.1 Å². The number of esters is 1. The maximum Gasteiger partial charge on any atom is 0.363 e. The van der Waals surface area contributed by atoms with Crippen molar-refractivity contribution in [3.05, 3.63) is 63.3 Å². The Labute approximate surface area is 167 Å². The fourth-order valence-electron chi connectivity index (χ4n) is 2.48. The number of ether oxygens (including phenoxy) is 3. The third kappa shape index (κ3) is 4.26. The summed E-state index contributed by atoms with van der Waals surface area (Å²) in [5.74, 6) is 0.547. The van der Waals surface area contributed by atoms with Crippen molar-refractivity contribution < 1.29 is 19.0 Å². The second kappa shape index (κ2) is 8.46. The van der Waals surface area contributed by atoms with Gasteiger partial charge in [-0.15, -0.1) is 0 Å². The lowest BCUT2D eigenvalue weighted by Crippen LogP contribution is -2.05. The first kappa shape index (κ1) is 19.3. The van der Waals surface area contributed by atoms with Gasteiger partial charge in [0, 0.05) is 0 Å². The van der Waals surface area contributed by atoms with Crippen LogP contribution in [-0.4, -0.2) is 25.6 Å². The van der Waals surface area contributed by atoms with Crippen LogP contribution in [0.5, 0.6) is 11.5 Å². The summed E-state index contributed by atoms with van der Waals surface area (Å²) in [6.45, 7) is 2.52. The Bertz CT molecular complexity index is 938. The average Bonchev–Trinajstić information content (AvgIpc) is 3.01. The van der Waals surface area contributed by atoms with E-state index in [1.807, 2.05) is 6.92 Å². The zero-order valence-electron chi connectivity index (χ0n) is 14.8. The number of carbonyl (C=O) groups excluding carboxylic acids is 1. The molecule has 27 heavy (non-hydrogen) atoms. The number of methoxy groups -OCH3 is 1. The number of carbonyl (C=O) groups is 1. The maximum atomic E-state index is 12.2. The molecule has 0 spiro atoms. The number of halogens is 2. The Balaban J connectivity index is 1.95. The molecule has 3 rings (SSSR count). The SMILES string of the molecule is CCCOc1c(Cl)cc(C=C2N=C(c3ccccc3Cl)OC2=O)cc1OC. The van der Waals surface area contributed by atoms with Gasteiger partial charge in [0.1, 0.15) is 0 Å². The summed E-state index contributed by atoms with van der Waals surface area (Å²) in [6, 6.07) is 10.4. The fourth-order valence-corrected chi connectivity index (χ4v) is 2.97. The van der Waals surface area contributed by atoms with E-state index < -0.39 is 5.97 Å². The van der Waals surface area contributed by atoms with E-state index >= 15 is 0 Å².